The van der Waals surface area contributed by atoms with Crippen molar-refractivity contribution in [2.45, 2.75) is 11.4 Å². The van der Waals surface area contributed by atoms with Crippen LogP contribution in [0, 0.1) is 0 Å². The van der Waals surface area contributed by atoms with Gasteiger partial charge in [-0.3, -0.25) is 0 Å². The molecule has 1 heterocycles. The summed E-state index contributed by atoms with van der Waals surface area (Å²) in [7, 11) is 2.18. The highest BCUT2D eigenvalue weighted by atomic mass is 79.9. The largest absolute Gasteiger partial charge is 0.301 e. The van der Waals surface area contributed by atoms with Crippen LogP contribution in [0.4, 0.5) is 0 Å². The van der Waals surface area contributed by atoms with E-state index in [0.29, 0.717) is 0 Å². The molecular weight excluding hydrogens is 246 g/mol. The lowest BCUT2D eigenvalue weighted by molar-refractivity contribution is 0.349. The first kappa shape index (κ1) is 9.56. The van der Waals surface area contributed by atoms with E-state index in [9.17, 15) is 0 Å². The van der Waals surface area contributed by atoms with Crippen LogP contribution in [0.1, 0.15) is 5.56 Å². The maximum Gasteiger partial charge on any atom is 0.0242 e. The minimum Gasteiger partial charge on any atom is -0.301 e. The van der Waals surface area contributed by atoms with Gasteiger partial charge in [0.2, 0.25) is 0 Å². The molecule has 0 aliphatic carbocycles. The Morgan fingerprint density at radius 2 is 2.31 bits per heavy atom. The fourth-order valence-electron chi connectivity index (χ4n) is 1.49. The van der Waals surface area contributed by atoms with Crippen molar-refractivity contribution in [3.8, 4) is 0 Å². The Kier molecular flexibility index (Phi) is 2.96. The summed E-state index contributed by atoms with van der Waals surface area (Å²) in [5.41, 5.74) is 1.44. The van der Waals surface area contributed by atoms with E-state index in [1.54, 1.807) is 0 Å². The minimum atomic E-state index is 1.07. The molecule has 0 unspecified atom stereocenters. The van der Waals surface area contributed by atoms with Crippen LogP contribution in [0.2, 0.25) is 0 Å². The van der Waals surface area contributed by atoms with Crippen molar-refractivity contribution in [1.82, 2.24) is 4.90 Å². The van der Waals surface area contributed by atoms with E-state index in [1.807, 2.05) is 11.8 Å². The number of rotatable bonds is 0. The quantitative estimate of drug-likeness (QED) is 0.703. The summed E-state index contributed by atoms with van der Waals surface area (Å²) in [5, 5.41) is 0. The fourth-order valence-corrected chi connectivity index (χ4v) is 3.00. The van der Waals surface area contributed by atoms with Crippen LogP contribution in [0.25, 0.3) is 0 Å². The summed E-state index contributed by atoms with van der Waals surface area (Å²) in [6.07, 6.45) is 0. The van der Waals surface area contributed by atoms with Crippen molar-refractivity contribution in [3.63, 3.8) is 0 Å². The zero-order valence-electron chi connectivity index (χ0n) is 7.59. The van der Waals surface area contributed by atoms with E-state index < -0.39 is 0 Å². The predicted octanol–water partition coefficient (Wildman–Crippen LogP) is 2.99. The smallest absolute Gasteiger partial charge is 0.0242 e. The molecule has 0 aromatic heterocycles. The van der Waals surface area contributed by atoms with Gasteiger partial charge in [-0.15, -0.1) is 11.8 Å². The van der Waals surface area contributed by atoms with Crippen molar-refractivity contribution in [2.24, 2.45) is 0 Å². The van der Waals surface area contributed by atoms with Gasteiger partial charge in [0, 0.05) is 28.2 Å². The molecule has 13 heavy (non-hydrogen) atoms. The Morgan fingerprint density at radius 3 is 3.15 bits per heavy atom. The summed E-state index contributed by atoms with van der Waals surface area (Å²) in [4.78, 5) is 3.80. The van der Waals surface area contributed by atoms with Crippen molar-refractivity contribution >= 4 is 27.7 Å². The number of fused-ring (bicyclic) bond motifs is 1. The van der Waals surface area contributed by atoms with E-state index in [0.717, 1.165) is 6.54 Å². The predicted molar refractivity (Wildman–Crippen MR) is 61.2 cm³/mol. The first-order chi connectivity index (χ1) is 6.25. The summed E-state index contributed by atoms with van der Waals surface area (Å²) < 4.78 is 1.18. The Labute approximate surface area is 91.6 Å². The van der Waals surface area contributed by atoms with Crippen LogP contribution in [-0.4, -0.2) is 24.2 Å². The Balaban J connectivity index is 2.35. The number of thioether (sulfide) groups is 1. The normalized spacial score (nSPS) is 18.0. The van der Waals surface area contributed by atoms with Crippen LogP contribution in [0.3, 0.4) is 0 Å². The third kappa shape index (κ3) is 2.27. The zero-order chi connectivity index (χ0) is 9.26. The highest BCUT2D eigenvalue weighted by Gasteiger charge is 2.11. The molecule has 3 heteroatoms. The van der Waals surface area contributed by atoms with Gasteiger partial charge in [-0.2, -0.15) is 0 Å². The zero-order valence-corrected chi connectivity index (χ0v) is 9.99. The lowest BCUT2D eigenvalue weighted by atomic mass is 10.2. The van der Waals surface area contributed by atoms with E-state index >= 15 is 0 Å². The average Bonchev–Trinajstić information content (AvgIpc) is 2.25. The second-order valence-corrected chi connectivity index (χ2v) is 5.39. The molecule has 0 amide bonds. The van der Waals surface area contributed by atoms with E-state index in [4.69, 9.17) is 0 Å². The van der Waals surface area contributed by atoms with Gasteiger partial charge in [0.1, 0.15) is 0 Å². The number of hydrogen-bond donors (Lipinski definition) is 0. The first-order valence-electron chi connectivity index (χ1n) is 4.35. The summed E-state index contributed by atoms with van der Waals surface area (Å²) in [6, 6.07) is 6.56. The minimum absolute atomic E-state index is 1.07. The molecule has 0 saturated heterocycles. The molecule has 1 aliphatic rings. The second-order valence-electron chi connectivity index (χ2n) is 3.34. The molecule has 0 N–H and O–H groups in total. The van der Waals surface area contributed by atoms with Gasteiger partial charge in [0.25, 0.3) is 0 Å². The topological polar surface area (TPSA) is 3.24 Å². The van der Waals surface area contributed by atoms with Gasteiger partial charge >= 0.3 is 0 Å². The van der Waals surface area contributed by atoms with Gasteiger partial charge in [-0.05, 0) is 30.8 Å². The van der Waals surface area contributed by atoms with E-state index in [1.165, 1.54) is 27.2 Å². The fraction of sp³-hybridized carbons (Fsp3) is 0.400. The Bertz CT molecular complexity index is 314. The number of nitrogens with zero attached hydrogens (tertiary/aromatic N) is 1. The number of hydrogen-bond acceptors (Lipinski definition) is 2. The van der Waals surface area contributed by atoms with Crippen molar-refractivity contribution in [2.75, 3.05) is 19.3 Å². The molecule has 2 rings (SSSR count). The van der Waals surface area contributed by atoms with Crippen LogP contribution in [0.5, 0.6) is 0 Å². The highest BCUT2D eigenvalue weighted by Crippen LogP contribution is 2.29. The van der Waals surface area contributed by atoms with Gasteiger partial charge in [0.15, 0.2) is 0 Å². The average molecular weight is 258 g/mol. The van der Waals surface area contributed by atoms with Crippen LogP contribution in [0.15, 0.2) is 27.6 Å². The van der Waals surface area contributed by atoms with Crippen LogP contribution < -0.4 is 0 Å². The Morgan fingerprint density at radius 1 is 1.46 bits per heavy atom. The number of halogens is 1. The summed E-state index contributed by atoms with van der Waals surface area (Å²) in [5.74, 6) is 1.20. The monoisotopic (exact) mass is 257 g/mol. The van der Waals surface area contributed by atoms with Crippen molar-refractivity contribution in [1.29, 1.82) is 0 Å². The first-order valence-corrected chi connectivity index (χ1v) is 6.13. The number of benzene rings is 1. The standard InChI is InChI=1S/C10H12BrNS/c1-12-4-5-13-10-3-2-9(11)6-8(10)7-12/h2-3,6H,4-5,7H2,1H3. The lowest BCUT2D eigenvalue weighted by Gasteiger charge is -2.12. The Hall–Kier alpha value is 0.01000. The molecular formula is C10H12BrNS. The van der Waals surface area contributed by atoms with Crippen molar-refractivity contribution in [3.05, 3.63) is 28.2 Å². The third-order valence-electron chi connectivity index (χ3n) is 2.19. The SMILES string of the molecule is CN1CCSc2ccc(Br)cc2C1. The molecule has 0 radical (unpaired) electrons. The maximum atomic E-state index is 3.51. The molecule has 1 aliphatic heterocycles. The van der Waals surface area contributed by atoms with Crippen LogP contribution in [-0.2, 0) is 6.54 Å². The molecule has 1 nitrogen and oxygen atoms in total. The summed E-state index contributed by atoms with van der Waals surface area (Å²) >= 11 is 5.47. The van der Waals surface area contributed by atoms with E-state index in [2.05, 4.69) is 46.1 Å². The van der Waals surface area contributed by atoms with Gasteiger partial charge in [-0.1, -0.05) is 15.9 Å². The molecule has 1 aromatic rings. The molecule has 0 bridgehead atoms. The maximum absolute atomic E-state index is 3.51. The van der Waals surface area contributed by atoms with Crippen molar-refractivity contribution < 1.29 is 0 Å². The molecule has 0 spiro atoms. The second kappa shape index (κ2) is 4.03. The van der Waals surface area contributed by atoms with E-state index in [-0.39, 0.29) is 0 Å². The van der Waals surface area contributed by atoms with Gasteiger partial charge < -0.3 is 4.90 Å². The molecule has 1 aromatic carbocycles. The molecule has 70 valence electrons. The van der Waals surface area contributed by atoms with Gasteiger partial charge in [0.05, 0.1) is 0 Å². The third-order valence-corrected chi connectivity index (χ3v) is 3.78. The molecule has 0 saturated carbocycles. The molecule has 0 fully saturated rings. The van der Waals surface area contributed by atoms with Crippen LogP contribution >= 0.6 is 27.7 Å². The summed E-state index contributed by atoms with van der Waals surface area (Å²) in [6.45, 7) is 2.25. The lowest BCUT2D eigenvalue weighted by Crippen LogP contribution is -2.18. The molecule has 0 atom stereocenters. The highest BCUT2D eigenvalue weighted by molar-refractivity contribution is 9.10. The van der Waals surface area contributed by atoms with Gasteiger partial charge in [-0.25, -0.2) is 0 Å².